The molecular weight excluding hydrogens is 412 g/mol. The molecule has 3 aromatic rings. The van der Waals surface area contributed by atoms with Crippen LogP contribution in [0.5, 0.6) is 0 Å². The number of hydrogen-bond donors (Lipinski definition) is 1. The number of aromatic carboxylic acids is 1. The molecule has 6 nitrogen and oxygen atoms in total. The van der Waals surface area contributed by atoms with E-state index >= 15 is 0 Å². The Morgan fingerprint density at radius 1 is 1.24 bits per heavy atom. The number of halogens is 4. The van der Waals surface area contributed by atoms with Gasteiger partial charge in [0, 0.05) is 29.7 Å². The third-order valence-electron chi connectivity index (χ3n) is 3.78. The number of hydrogen-bond acceptors (Lipinski definition) is 6. The van der Waals surface area contributed by atoms with E-state index in [2.05, 4.69) is 14.5 Å². The van der Waals surface area contributed by atoms with E-state index in [1.165, 1.54) is 42.5 Å². The Balaban J connectivity index is 1.87. The van der Waals surface area contributed by atoms with E-state index < -0.39 is 23.5 Å². The van der Waals surface area contributed by atoms with Gasteiger partial charge >= 0.3 is 12.1 Å². The van der Waals surface area contributed by atoms with Gasteiger partial charge in [0.05, 0.1) is 17.3 Å². The summed E-state index contributed by atoms with van der Waals surface area (Å²) in [6.07, 6.45) is -3.37. The molecule has 0 unspecified atom stereocenters. The highest BCUT2D eigenvalue weighted by Gasteiger charge is 2.34. The molecule has 0 aliphatic rings. The van der Waals surface area contributed by atoms with Crippen LogP contribution in [0.1, 0.15) is 21.5 Å². The van der Waals surface area contributed by atoms with Crippen LogP contribution in [0.3, 0.4) is 0 Å². The number of anilines is 1. The first-order valence-corrected chi connectivity index (χ1v) is 8.75. The van der Waals surface area contributed by atoms with E-state index in [0.29, 0.717) is 0 Å². The van der Waals surface area contributed by atoms with Crippen LogP contribution in [0.15, 0.2) is 47.6 Å². The quantitative estimate of drug-likeness (QED) is 0.370. The van der Waals surface area contributed by atoms with Crippen molar-refractivity contribution in [3.05, 3.63) is 65.0 Å². The van der Waals surface area contributed by atoms with Crippen LogP contribution in [-0.4, -0.2) is 33.7 Å². The van der Waals surface area contributed by atoms with Gasteiger partial charge in [-0.2, -0.15) is 27.6 Å². The lowest BCUT2D eigenvalue weighted by Crippen LogP contribution is -2.10. The molecule has 0 amide bonds. The van der Waals surface area contributed by atoms with Gasteiger partial charge in [-0.1, -0.05) is 18.2 Å². The van der Waals surface area contributed by atoms with Gasteiger partial charge < -0.3 is 5.11 Å². The predicted octanol–water partition coefficient (Wildman–Crippen LogP) is 4.53. The van der Waals surface area contributed by atoms with Gasteiger partial charge in [0.15, 0.2) is 5.82 Å². The van der Waals surface area contributed by atoms with E-state index in [1.54, 1.807) is 0 Å². The van der Waals surface area contributed by atoms with E-state index in [0.717, 1.165) is 29.7 Å². The van der Waals surface area contributed by atoms with Gasteiger partial charge in [-0.3, -0.25) is 0 Å². The zero-order valence-corrected chi connectivity index (χ0v) is 15.5. The molecule has 0 aliphatic heterocycles. The largest absolute Gasteiger partial charge is 0.478 e. The van der Waals surface area contributed by atoms with Crippen LogP contribution >= 0.6 is 11.5 Å². The molecular formula is C18H12F4N4O2S. The minimum atomic E-state index is -4.55. The Hall–Kier alpha value is -3.34. The average molecular weight is 424 g/mol. The highest BCUT2D eigenvalue weighted by molar-refractivity contribution is 7.09. The second-order valence-corrected chi connectivity index (χ2v) is 6.48. The molecule has 0 aliphatic carbocycles. The van der Waals surface area contributed by atoms with Crippen LogP contribution < -0.4 is 5.01 Å². The first-order chi connectivity index (χ1) is 13.7. The number of carboxylic acid groups (broad SMARTS) is 1. The molecule has 0 atom stereocenters. The third-order valence-corrected chi connectivity index (χ3v) is 4.56. The van der Waals surface area contributed by atoms with Gasteiger partial charge in [0.1, 0.15) is 5.82 Å². The van der Waals surface area contributed by atoms with Crippen molar-refractivity contribution in [2.75, 3.05) is 12.1 Å². The number of rotatable bonds is 5. The molecule has 3 rings (SSSR count). The van der Waals surface area contributed by atoms with Crippen LogP contribution in [0.25, 0.3) is 11.4 Å². The molecule has 0 radical (unpaired) electrons. The maximum absolute atomic E-state index is 13.2. The summed E-state index contributed by atoms with van der Waals surface area (Å²) < 4.78 is 56.7. The van der Waals surface area contributed by atoms with E-state index in [-0.39, 0.29) is 27.6 Å². The Bertz CT molecular complexity index is 1080. The van der Waals surface area contributed by atoms with Gasteiger partial charge in [0.2, 0.25) is 5.13 Å². The number of hydrazone groups is 1. The topological polar surface area (TPSA) is 78.7 Å². The molecule has 29 heavy (non-hydrogen) atoms. The summed E-state index contributed by atoms with van der Waals surface area (Å²) in [7, 11) is 1.47. The molecule has 0 fully saturated rings. The second-order valence-electron chi connectivity index (χ2n) is 5.75. The fourth-order valence-electron chi connectivity index (χ4n) is 2.41. The maximum atomic E-state index is 13.2. The van der Waals surface area contributed by atoms with E-state index in [4.69, 9.17) is 5.11 Å². The molecule has 0 spiro atoms. The van der Waals surface area contributed by atoms with Gasteiger partial charge in [-0.15, -0.1) is 0 Å². The molecule has 2 aromatic carbocycles. The summed E-state index contributed by atoms with van der Waals surface area (Å²) in [5.41, 5.74) is -1.14. The number of aromatic nitrogens is 2. The summed E-state index contributed by atoms with van der Waals surface area (Å²) in [6, 6.07) is 8.15. The number of carboxylic acids is 1. The van der Waals surface area contributed by atoms with Gasteiger partial charge in [-0.25, -0.2) is 14.2 Å². The maximum Gasteiger partial charge on any atom is 0.417 e. The molecule has 1 N–H and O–H groups in total. The SMILES string of the molecule is CN(/N=C/c1ccc(F)cc1C(=O)O)c1nc(-c2ccccc2C(F)(F)F)ns1. The lowest BCUT2D eigenvalue weighted by molar-refractivity contribution is -0.137. The highest BCUT2D eigenvalue weighted by atomic mass is 32.1. The van der Waals surface area contributed by atoms with Gasteiger partial charge in [-0.05, 0) is 24.3 Å². The predicted molar refractivity (Wildman–Crippen MR) is 99.7 cm³/mol. The standard InChI is InChI=1S/C18H12F4N4O2S/c1-26(23-9-10-6-7-11(19)8-13(10)16(27)28)17-24-15(25-29-17)12-4-2-3-5-14(12)18(20,21)22/h2-9H,1H3,(H,27,28)/b23-9+. The first kappa shape index (κ1) is 20.4. The van der Waals surface area contributed by atoms with Crippen molar-refractivity contribution in [1.29, 1.82) is 0 Å². The first-order valence-electron chi connectivity index (χ1n) is 7.97. The molecule has 1 heterocycles. The second kappa shape index (κ2) is 7.95. The van der Waals surface area contributed by atoms with Crippen molar-refractivity contribution < 1.29 is 27.5 Å². The molecule has 11 heteroatoms. The van der Waals surface area contributed by atoms with Crippen LogP contribution in [0, 0.1) is 5.82 Å². The van der Waals surface area contributed by atoms with E-state index in [1.807, 2.05) is 0 Å². The summed E-state index contributed by atoms with van der Waals surface area (Å²) in [6.45, 7) is 0. The lowest BCUT2D eigenvalue weighted by Gasteiger charge is -2.10. The average Bonchev–Trinajstić information content (AvgIpc) is 3.16. The van der Waals surface area contributed by atoms with Crippen molar-refractivity contribution in [3.8, 4) is 11.4 Å². The Labute approximate surface area is 165 Å². The summed E-state index contributed by atoms with van der Waals surface area (Å²) >= 11 is 0.827. The summed E-state index contributed by atoms with van der Waals surface area (Å²) in [4.78, 5) is 15.3. The number of benzene rings is 2. The fraction of sp³-hybridized carbons (Fsp3) is 0.111. The minimum Gasteiger partial charge on any atom is -0.478 e. The number of alkyl halides is 3. The third kappa shape index (κ3) is 4.57. The van der Waals surface area contributed by atoms with Crippen LogP contribution in [0.2, 0.25) is 0 Å². The molecule has 0 saturated heterocycles. The van der Waals surface area contributed by atoms with Crippen LogP contribution in [-0.2, 0) is 6.18 Å². The minimum absolute atomic E-state index is 0.104. The van der Waals surface area contributed by atoms with Crippen LogP contribution in [0.4, 0.5) is 22.7 Å². The van der Waals surface area contributed by atoms with Crippen molar-refractivity contribution in [3.63, 3.8) is 0 Å². The zero-order valence-electron chi connectivity index (χ0n) is 14.7. The molecule has 150 valence electrons. The molecule has 0 saturated carbocycles. The lowest BCUT2D eigenvalue weighted by atomic mass is 10.1. The number of carbonyl (C=O) groups is 1. The number of nitrogens with zero attached hydrogens (tertiary/aromatic N) is 4. The molecule has 0 bridgehead atoms. The van der Waals surface area contributed by atoms with Crippen molar-refractivity contribution in [2.45, 2.75) is 6.18 Å². The van der Waals surface area contributed by atoms with Gasteiger partial charge in [0.25, 0.3) is 0 Å². The van der Waals surface area contributed by atoms with Crippen molar-refractivity contribution in [2.24, 2.45) is 5.10 Å². The van der Waals surface area contributed by atoms with Crippen molar-refractivity contribution >= 4 is 28.8 Å². The highest BCUT2D eigenvalue weighted by Crippen LogP contribution is 2.36. The Morgan fingerprint density at radius 3 is 2.66 bits per heavy atom. The smallest absolute Gasteiger partial charge is 0.417 e. The Kier molecular flexibility index (Phi) is 5.59. The normalized spacial score (nSPS) is 11.8. The monoisotopic (exact) mass is 424 g/mol. The Morgan fingerprint density at radius 2 is 1.97 bits per heavy atom. The van der Waals surface area contributed by atoms with Crippen molar-refractivity contribution in [1.82, 2.24) is 9.36 Å². The molecule has 1 aromatic heterocycles. The zero-order chi connectivity index (χ0) is 21.2. The summed E-state index contributed by atoms with van der Waals surface area (Å²) in [5.74, 6) is -2.13. The summed E-state index contributed by atoms with van der Waals surface area (Å²) in [5, 5.41) is 14.6. The fourth-order valence-corrected chi connectivity index (χ4v) is 3.01. The van der Waals surface area contributed by atoms with E-state index in [9.17, 15) is 22.4 Å².